The van der Waals surface area contributed by atoms with Crippen LogP contribution in [-0.4, -0.2) is 18.3 Å². The summed E-state index contributed by atoms with van der Waals surface area (Å²) >= 11 is 5.59. The van der Waals surface area contributed by atoms with Crippen molar-refractivity contribution in [1.82, 2.24) is 0 Å². The van der Waals surface area contributed by atoms with E-state index in [1.165, 1.54) is 0 Å². The van der Waals surface area contributed by atoms with Crippen LogP contribution in [-0.2, 0) is 10.2 Å². The van der Waals surface area contributed by atoms with Crippen molar-refractivity contribution in [3.63, 3.8) is 0 Å². The van der Waals surface area contributed by atoms with Crippen molar-refractivity contribution in [2.24, 2.45) is 0 Å². The van der Waals surface area contributed by atoms with Crippen molar-refractivity contribution in [3.05, 3.63) is 42.0 Å². The molecule has 90 valence electrons. The van der Waals surface area contributed by atoms with Gasteiger partial charge in [0.15, 0.2) is 0 Å². The first-order chi connectivity index (χ1) is 8.09. The molecule has 0 atom stereocenters. The van der Waals surface area contributed by atoms with Crippen LogP contribution in [0.1, 0.15) is 19.4 Å². The highest BCUT2D eigenvalue weighted by atomic mass is 35.5. The topological polar surface area (TPSA) is 20.3 Å². The Morgan fingerprint density at radius 2 is 2.00 bits per heavy atom. The van der Waals surface area contributed by atoms with Gasteiger partial charge in [-0.25, -0.2) is 0 Å². The lowest BCUT2D eigenvalue weighted by atomic mass is 9.86. The van der Waals surface area contributed by atoms with Crippen LogP contribution in [0.4, 0.5) is 5.69 Å². The molecule has 1 aliphatic rings. The van der Waals surface area contributed by atoms with E-state index in [0.29, 0.717) is 12.4 Å². The van der Waals surface area contributed by atoms with E-state index in [2.05, 4.69) is 0 Å². The van der Waals surface area contributed by atoms with Gasteiger partial charge in [0.2, 0.25) is 5.91 Å². The molecular weight excluding hydrogens is 234 g/mol. The summed E-state index contributed by atoms with van der Waals surface area (Å²) in [4.78, 5) is 14.2. The molecule has 0 N–H and O–H groups in total. The number of amides is 1. The third kappa shape index (κ3) is 1.98. The van der Waals surface area contributed by atoms with E-state index in [0.717, 1.165) is 11.3 Å². The number of carbonyl (C=O) groups is 1. The van der Waals surface area contributed by atoms with E-state index in [9.17, 15) is 4.79 Å². The molecule has 1 heterocycles. The summed E-state index contributed by atoms with van der Waals surface area (Å²) in [6.07, 6.45) is 3.80. The van der Waals surface area contributed by atoms with Crippen LogP contribution >= 0.6 is 11.6 Å². The second-order valence-corrected chi connectivity index (χ2v) is 4.99. The second kappa shape index (κ2) is 4.53. The van der Waals surface area contributed by atoms with Crippen LogP contribution in [0, 0.1) is 0 Å². The van der Waals surface area contributed by atoms with Gasteiger partial charge in [-0.2, -0.15) is 0 Å². The molecule has 1 aromatic rings. The van der Waals surface area contributed by atoms with E-state index in [4.69, 9.17) is 11.6 Å². The molecule has 17 heavy (non-hydrogen) atoms. The maximum atomic E-state index is 12.3. The first-order valence-electron chi connectivity index (χ1n) is 5.71. The van der Waals surface area contributed by atoms with Crippen LogP contribution in [0.25, 0.3) is 0 Å². The fourth-order valence-corrected chi connectivity index (χ4v) is 2.35. The van der Waals surface area contributed by atoms with Crippen LogP contribution < -0.4 is 4.90 Å². The van der Waals surface area contributed by atoms with Crippen molar-refractivity contribution in [1.29, 1.82) is 0 Å². The number of nitrogens with zero attached hydrogens (tertiary/aromatic N) is 1. The largest absolute Gasteiger partial charge is 0.308 e. The predicted octanol–water partition coefficient (Wildman–Crippen LogP) is 3.11. The number of allylic oxidation sites excluding steroid dienone is 1. The van der Waals surface area contributed by atoms with E-state index in [-0.39, 0.29) is 5.91 Å². The average molecular weight is 250 g/mol. The summed E-state index contributed by atoms with van der Waals surface area (Å²) in [6.45, 7) is 4.53. The monoisotopic (exact) mass is 249 g/mol. The Kier molecular flexibility index (Phi) is 3.25. The van der Waals surface area contributed by atoms with E-state index in [1.54, 1.807) is 0 Å². The van der Waals surface area contributed by atoms with Gasteiger partial charge >= 0.3 is 0 Å². The van der Waals surface area contributed by atoms with Gasteiger partial charge in [0.25, 0.3) is 0 Å². The van der Waals surface area contributed by atoms with E-state index >= 15 is 0 Å². The third-order valence-electron chi connectivity index (χ3n) is 3.19. The van der Waals surface area contributed by atoms with Crippen LogP contribution in [0.15, 0.2) is 36.4 Å². The molecule has 0 fully saturated rings. The minimum Gasteiger partial charge on any atom is -0.308 e. The molecule has 0 saturated carbocycles. The lowest BCUT2D eigenvalue weighted by Gasteiger charge is -2.18. The van der Waals surface area contributed by atoms with Gasteiger partial charge in [0.05, 0.1) is 5.41 Å². The number of hydrogen-bond donors (Lipinski definition) is 0. The first kappa shape index (κ1) is 12.2. The molecular formula is C14H16ClNO. The zero-order chi connectivity index (χ0) is 12.5. The van der Waals surface area contributed by atoms with Crippen LogP contribution in [0.2, 0.25) is 0 Å². The lowest BCUT2D eigenvalue weighted by Crippen LogP contribution is -2.36. The Morgan fingerprint density at radius 1 is 1.29 bits per heavy atom. The predicted molar refractivity (Wildman–Crippen MR) is 71.7 cm³/mol. The number of rotatable bonds is 3. The lowest BCUT2D eigenvalue weighted by molar-refractivity contribution is -0.121. The van der Waals surface area contributed by atoms with E-state index in [1.807, 2.05) is 55.2 Å². The van der Waals surface area contributed by atoms with Crippen molar-refractivity contribution in [2.75, 3.05) is 17.3 Å². The number of anilines is 1. The molecule has 3 heteroatoms. The molecule has 1 aromatic carbocycles. The second-order valence-electron chi connectivity index (χ2n) is 4.68. The fraction of sp³-hybridized carbons (Fsp3) is 0.357. The molecule has 0 spiro atoms. The Labute approximate surface area is 107 Å². The summed E-state index contributed by atoms with van der Waals surface area (Å²) in [5.74, 6) is 0.630. The summed E-state index contributed by atoms with van der Waals surface area (Å²) in [5.41, 5.74) is 1.69. The summed E-state index contributed by atoms with van der Waals surface area (Å²) in [6, 6.07) is 7.97. The van der Waals surface area contributed by atoms with Gasteiger partial charge in [0.1, 0.15) is 0 Å². The normalized spacial score (nSPS) is 17.8. The van der Waals surface area contributed by atoms with Gasteiger partial charge in [-0.1, -0.05) is 30.4 Å². The molecule has 0 radical (unpaired) electrons. The van der Waals surface area contributed by atoms with Crippen molar-refractivity contribution < 1.29 is 4.79 Å². The number of halogens is 1. The highest BCUT2D eigenvalue weighted by Gasteiger charge is 2.42. The molecule has 0 aliphatic carbocycles. The minimum absolute atomic E-state index is 0.151. The highest BCUT2D eigenvalue weighted by Crippen LogP contribution is 2.40. The Hall–Kier alpha value is -1.28. The smallest absolute Gasteiger partial charge is 0.237 e. The number of fused-ring (bicyclic) bond motifs is 1. The number of alkyl halides is 1. The zero-order valence-corrected chi connectivity index (χ0v) is 10.9. The van der Waals surface area contributed by atoms with E-state index < -0.39 is 5.41 Å². The quantitative estimate of drug-likeness (QED) is 0.596. The van der Waals surface area contributed by atoms with Crippen molar-refractivity contribution in [2.45, 2.75) is 19.3 Å². The Morgan fingerprint density at radius 3 is 2.71 bits per heavy atom. The number of para-hydroxylation sites is 1. The summed E-state index contributed by atoms with van der Waals surface area (Å²) in [7, 11) is 0. The van der Waals surface area contributed by atoms with Crippen LogP contribution in [0.3, 0.4) is 0 Å². The Bertz CT molecular complexity index is 465. The zero-order valence-electron chi connectivity index (χ0n) is 10.1. The standard InChI is InChI=1S/C14H16ClNO/c1-14(2)11-7-3-4-8-12(11)16(13(14)17)10-6-5-9-15/h3-8H,9-10H2,1-2H3. The minimum atomic E-state index is -0.425. The third-order valence-corrected chi connectivity index (χ3v) is 3.37. The fourth-order valence-electron chi connectivity index (χ4n) is 2.22. The van der Waals surface area contributed by atoms with Crippen molar-refractivity contribution >= 4 is 23.2 Å². The van der Waals surface area contributed by atoms with Gasteiger partial charge in [-0.05, 0) is 25.5 Å². The number of carbonyl (C=O) groups excluding carboxylic acids is 1. The highest BCUT2D eigenvalue weighted by molar-refractivity contribution is 6.18. The Balaban J connectivity index is 2.36. The SMILES string of the molecule is CC1(C)C(=O)N(CC=CCCl)c2ccccc21. The van der Waals surface area contributed by atoms with Gasteiger partial charge in [-0.15, -0.1) is 11.6 Å². The molecule has 0 unspecified atom stereocenters. The molecule has 0 bridgehead atoms. The molecule has 0 aromatic heterocycles. The average Bonchev–Trinajstić information content (AvgIpc) is 2.51. The van der Waals surface area contributed by atoms with Gasteiger partial charge in [0, 0.05) is 18.1 Å². The maximum Gasteiger partial charge on any atom is 0.237 e. The van der Waals surface area contributed by atoms with Gasteiger partial charge < -0.3 is 4.90 Å². The van der Waals surface area contributed by atoms with Crippen LogP contribution in [0.5, 0.6) is 0 Å². The first-order valence-corrected chi connectivity index (χ1v) is 6.25. The molecule has 2 rings (SSSR count). The maximum absolute atomic E-state index is 12.3. The van der Waals surface area contributed by atoms with Gasteiger partial charge in [-0.3, -0.25) is 4.79 Å². The van der Waals surface area contributed by atoms with Crippen molar-refractivity contribution in [3.8, 4) is 0 Å². The molecule has 1 aliphatic heterocycles. The molecule has 0 saturated heterocycles. The number of benzene rings is 1. The summed E-state index contributed by atoms with van der Waals surface area (Å²) < 4.78 is 0. The number of hydrogen-bond acceptors (Lipinski definition) is 1. The molecule has 1 amide bonds. The summed E-state index contributed by atoms with van der Waals surface area (Å²) in [5, 5.41) is 0. The molecule has 2 nitrogen and oxygen atoms in total.